The molecule has 0 amide bonds. The first-order valence-electron chi connectivity index (χ1n) is 10.6. The summed E-state index contributed by atoms with van der Waals surface area (Å²) < 4.78 is 12.8. The smallest absolute Gasteiger partial charge is 0.338 e. The van der Waals surface area contributed by atoms with E-state index in [9.17, 15) is 9.59 Å². The Morgan fingerprint density at radius 2 is 1.88 bits per heavy atom. The van der Waals surface area contributed by atoms with Crippen molar-refractivity contribution >= 4 is 29.5 Å². The van der Waals surface area contributed by atoms with Crippen molar-refractivity contribution in [2.75, 3.05) is 13.7 Å². The predicted octanol–water partition coefficient (Wildman–Crippen LogP) is 3.47. The van der Waals surface area contributed by atoms with Gasteiger partial charge in [-0.05, 0) is 31.6 Å². The average Bonchev–Trinajstić information content (AvgIpc) is 3.12. The molecule has 0 aliphatic carbocycles. The molecule has 2 heterocycles. The number of hydrogen-bond acceptors (Lipinski definition) is 6. The van der Waals surface area contributed by atoms with Gasteiger partial charge in [0.15, 0.2) is 4.80 Å². The molecular weight excluding hydrogens is 436 g/mol. The van der Waals surface area contributed by atoms with E-state index in [1.165, 1.54) is 11.3 Å². The maximum Gasteiger partial charge on any atom is 0.338 e. The SMILES string of the molecule is CCOC(=O)C1=C(C)N=c2s/c(=C/c3ccccc3OC)c(=O)n2[C@H]1/C=C\c1ccccc1. The molecule has 0 spiro atoms. The summed E-state index contributed by atoms with van der Waals surface area (Å²) in [7, 11) is 1.59. The molecule has 2 aromatic carbocycles. The molecule has 33 heavy (non-hydrogen) atoms. The summed E-state index contributed by atoms with van der Waals surface area (Å²) in [5.41, 5.74) is 2.44. The number of esters is 1. The van der Waals surface area contributed by atoms with E-state index in [1.807, 2.05) is 66.7 Å². The van der Waals surface area contributed by atoms with Crippen molar-refractivity contribution in [3.63, 3.8) is 0 Å². The molecule has 0 saturated heterocycles. The molecule has 6 nitrogen and oxygen atoms in total. The topological polar surface area (TPSA) is 69.9 Å². The zero-order valence-corrected chi connectivity index (χ0v) is 19.5. The Labute approximate surface area is 195 Å². The first-order chi connectivity index (χ1) is 16.0. The zero-order chi connectivity index (χ0) is 23.4. The number of methoxy groups -OCH3 is 1. The average molecular weight is 461 g/mol. The number of rotatable bonds is 6. The first-order valence-corrected chi connectivity index (χ1v) is 11.4. The van der Waals surface area contributed by atoms with Gasteiger partial charge >= 0.3 is 5.97 Å². The van der Waals surface area contributed by atoms with E-state index in [2.05, 4.69) is 4.99 Å². The molecular formula is C26H24N2O4S. The highest BCUT2D eigenvalue weighted by Crippen LogP contribution is 2.26. The van der Waals surface area contributed by atoms with Crippen LogP contribution >= 0.6 is 11.3 Å². The van der Waals surface area contributed by atoms with Crippen LogP contribution in [0.5, 0.6) is 5.75 Å². The number of nitrogens with zero attached hydrogens (tertiary/aromatic N) is 2. The molecule has 0 bridgehead atoms. The number of fused-ring (bicyclic) bond motifs is 1. The first kappa shape index (κ1) is 22.5. The summed E-state index contributed by atoms with van der Waals surface area (Å²) in [5, 5.41) is 0. The van der Waals surface area contributed by atoms with E-state index in [4.69, 9.17) is 9.47 Å². The number of thiazole rings is 1. The second kappa shape index (κ2) is 9.83. The standard InChI is InChI=1S/C26H24N2O4S/c1-4-32-25(30)23-17(2)27-26-28(20(23)15-14-18-10-6-5-7-11-18)24(29)22(33-26)16-19-12-8-9-13-21(19)31-3/h5-16,20H,4H2,1-3H3/b15-14-,22-16+/t20-/m0/s1. The monoisotopic (exact) mass is 460 g/mol. The second-order valence-corrected chi connectivity index (χ2v) is 8.37. The summed E-state index contributed by atoms with van der Waals surface area (Å²) in [5.74, 6) is 0.202. The van der Waals surface area contributed by atoms with Crippen LogP contribution in [-0.4, -0.2) is 24.3 Å². The van der Waals surface area contributed by atoms with E-state index in [1.54, 1.807) is 31.6 Å². The van der Waals surface area contributed by atoms with Gasteiger partial charge < -0.3 is 9.47 Å². The van der Waals surface area contributed by atoms with Gasteiger partial charge in [0.25, 0.3) is 5.56 Å². The Morgan fingerprint density at radius 1 is 1.15 bits per heavy atom. The van der Waals surface area contributed by atoms with E-state index < -0.39 is 12.0 Å². The molecule has 0 saturated carbocycles. The maximum atomic E-state index is 13.5. The molecule has 3 aromatic rings. The molecule has 1 aromatic heterocycles. The molecule has 1 atom stereocenters. The molecule has 0 radical (unpaired) electrons. The number of carbonyl (C=O) groups excluding carboxylic acids is 1. The van der Waals surface area contributed by atoms with Crippen molar-refractivity contribution in [3.05, 3.63) is 103 Å². The van der Waals surface area contributed by atoms with Crippen LogP contribution in [0.2, 0.25) is 0 Å². The van der Waals surface area contributed by atoms with Crippen molar-refractivity contribution in [3.8, 4) is 5.75 Å². The Morgan fingerprint density at radius 3 is 2.61 bits per heavy atom. The number of carbonyl (C=O) groups is 1. The quantitative estimate of drug-likeness (QED) is 0.528. The number of hydrogen-bond donors (Lipinski definition) is 0. The summed E-state index contributed by atoms with van der Waals surface area (Å²) in [6, 6.07) is 16.6. The molecule has 0 fully saturated rings. The van der Waals surface area contributed by atoms with Crippen molar-refractivity contribution < 1.29 is 14.3 Å². The van der Waals surface area contributed by atoms with Crippen LogP contribution in [0.25, 0.3) is 12.2 Å². The van der Waals surface area contributed by atoms with E-state index in [-0.39, 0.29) is 12.2 Å². The minimum absolute atomic E-state index is 0.221. The van der Waals surface area contributed by atoms with E-state index >= 15 is 0 Å². The van der Waals surface area contributed by atoms with Gasteiger partial charge in [-0.2, -0.15) is 0 Å². The molecule has 0 N–H and O–H groups in total. The fraction of sp³-hybridized carbons (Fsp3) is 0.192. The molecule has 1 aliphatic heterocycles. The van der Waals surface area contributed by atoms with Crippen molar-refractivity contribution in [1.82, 2.24) is 4.57 Å². The van der Waals surface area contributed by atoms with Crippen LogP contribution in [0.1, 0.15) is 31.0 Å². The number of ether oxygens (including phenoxy) is 2. The summed E-state index contributed by atoms with van der Waals surface area (Å²) >= 11 is 1.28. The second-order valence-electron chi connectivity index (χ2n) is 7.36. The number of para-hydroxylation sites is 1. The maximum absolute atomic E-state index is 13.5. The Hall–Kier alpha value is -3.71. The van der Waals surface area contributed by atoms with Gasteiger partial charge in [-0.1, -0.05) is 72.0 Å². The van der Waals surface area contributed by atoms with E-state index in [0.29, 0.717) is 26.4 Å². The third-order valence-electron chi connectivity index (χ3n) is 5.26. The van der Waals surface area contributed by atoms with Crippen LogP contribution in [-0.2, 0) is 9.53 Å². The summed E-state index contributed by atoms with van der Waals surface area (Å²) in [6.07, 6.45) is 5.55. The minimum atomic E-state index is -0.625. The highest BCUT2D eigenvalue weighted by atomic mass is 32.1. The fourth-order valence-corrected chi connectivity index (χ4v) is 4.76. The van der Waals surface area contributed by atoms with Crippen LogP contribution < -0.4 is 19.6 Å². The molecule has 7 heteroatoms. The van der Waals surface area contributed by atoms with Gasteiger partial charge in [-0.3, -0.25) is 9.36 Å². The lowest BCUT2D eigenvalue weighted by Gasteiger charge is -2.21. The summed E-state index contributed by atoms with van der Waals surface area (Å²) in [4.78, 5) is 31.4. The van der Waals surface area contributed by atoms with Gasteiger partial charge in [0.2, 0.25) is 0 Å². The number of aromatic nitrogens is 1. The summed E-state index contributed by atoms with van der Waals surface area (Å²) in [6.45, 7) is 3.76. The van der Waals surface area contributed by atoms with Crippen molar-refractivity contribution in [1.29, 1.82) is 0 Å². The highest BCUT2D eigenvalue weighted by molar-refractivity contribution is 7.07. The van der Waals surface area contributed by atoms with Gasteiger partial charge in [-0.25, -0.2) is 9.79 Å². The van der Waals surface area contributed by atoms with Gasteiger partial charge in [0.05, 0.1) is 35.6 Å². The van der Waals surface area contributed by atoms with Crippen LogP contribution in [0, 0.1) is 0 Å². The molecule has 0 unspecified atom stereocenters. The van der Waals surface area contributed by atoms with Gasteiger partial charge in [-0.15, -0.1) is 0 Å². The number of allylic oxidation sites excluding steroid dienone is 2. The molecule has 168 valence electrons. The molecule has 4 rings (SSSR count). The lowest BCUT2D eigenvalue weighted by molar-refractivity contribution is -0.139. The van der Waals surface area contributed by atoms with Crippen LogP contribution in [0.4, 0.5) is 0 Å². The van der Waals surface area contributed by atoms with Crippen LogP contribution in [0.15, 0.2) is 81.7 Å². The Balaban J connectivity index is 1.89. The fourth-order valence-electron chi connectivity index (χ4n) is 3.71. The lowest BCUT2D eigenvalue weighted by atomic mass is 10.0. The van der Waals surface area contributed by atoms with Gasteiger partial charge in [0.1, 0.15) is 5.75 Å². The van der Waals surface area contributed by atoms with Gasteiger partial charge in [0, 0.05) is 5.56 Å². The Bertz CT molecular complexity index is 1410. The van der Waals surface area contributed by atoms with Crippen molar-refractivity contribution in [2.45, 2.75) is 19.9 Å². The number of benzene rings is 2. The largest absolute Gasteiger partial charge is 0.496 e. The zero-order valence-electron chi connectivity index (χ0n) is 18.6. The normalized spacial score (nSPS) is 16.0. The van der Waals surface area contributed by atoms with E-state index in [0.717, 1.165) is 11.1 Å². The predicted molar refractivity (Wildman–Crippen MR) is 130 cm³/mol. The highest BCUT2D eigenvalue weighted by Gasteiger charge is 2.30. The molecule has 1 aliphatic rings. The Kier molecular flexibility index (Phi) is 6.70. The third-order valence-corrected chi connectivity index (χ3v) is 6.24. The third kappa shape index (κ3) is 4.59. The lowest BCUT2D eigenvalue weighted by Crippen LogP contribution is -2.38. The van der Waals surface area contributed by atoms with Crippen molar-refractivity contribution in [2.24, 2.45) is 4.99 Å². The van der Waals surface area contributed by atoms with Crippen LogP contribution in [0.3, 0.4) is 0 Å². The minimum Gasteiger partial charge on any atom is -0.496 e.